The lowest BCUT2D eigenvalue weighted by atomic mass is 10.2. The van der Waals surface area contributed by atoms with Gasteiger partial charge in [0.25, 0.3) is 0 Å². The fraction of sp³-hybridized carbons (Fsp3) is 0.800. The monoisotopic (exact) mass is 307 g/mol. The van der Waals surface area contributed by atoms with E-state index < -0.39 is 0 Å². The number of carbonyl (C=O) groups is 1. The lowest BCUT2D eigenvalue weighted by molar-refractivity contribution is -0.128. The Hall–Kier alpha value is -1.47. The first kappa shape index (κ1) is 15.4. The van der Waals surface area contributed by atoms with E-state index in [1.165, 1.54) is 0 Å². The molecular formula is C15H25N5O2. The van der Waals surface area contributed by atoms with Gasteiger partial charge in [0.1, 0.15) is 11.6 Å². The van der Waals surface area contributed by atoms with Crippen LogP contribution in [-0.2, 0) is 16.1 Å². The Bertz CT molecular complexity index is 530. The normalized spacial score (nSPS) is 23.5. The van der Waals surface area contributed by atoms with Crippen molar-refractivity contribution in [3.63, 3.8) is 0 Å². The van der Waals surface area contributed by atoms with Crippen LogP contribution in [0.4, 0.5) is 0 Å². The molecule has 2 aliphatic rings. The molecule has 2 aliphatic heterocycles. The van der Waals surface area contributed by atoms with E-state index in [9.17, 15) is 4.79 Å². The Balaban J connectivity index is 1.48. The molecule has 0 saturated carbocycles. The molecule has 0 unspecified atom stereocenters. The third kappa shape index (κ3) is 3.64. The molecule has 1 amide bonds. The summed E-state index contributed by atoms with van der Waals surface area (Å²) in [6.45, 7) is 9.88. The van der Waals surface area contributed by atoms with Crippen molar-refractivity contribution in [1.82, 2.24) is 24.6 Å². The van der Waals surface area contributed by atoms with Gasteiger partial charge in [0, 0.05) is 39.1 Å². The first-order valence-corrected chi connectivity index (χ1v) is 8.11. The molecule has 1 aromatic heterocycles. The summed E-state index contributed by atoms with van der Waals surface area (Å²) in [5.41, 5.74) is 0. The van der Waals surface area contributed by atoms with Gasteiger partial charge in [0.15, 0.2) is 0 Å². The molecule has 7 nitrogen and oxygen atoms in total. The largest absolute Gasteiger partial charge is 0.374 e. The van der Waals surface area contributed by atoms with Crippen LogP contribution in [0.5, 0.6) is 0 Å². The van der Waals surface area contributed by atoms with E-state index in [-0.39, 0.29) is 6.10 Å². The Morgan fingerprint density at radius 1 is 1.27 bits per heavy atom. The zero-order valence-corrected chi connectivity index (χ0v) is 13.5. The average molecular weight is 307 g/mol. The van der Waals surface area contributed by atoms with Crippen LogP contribution in [0.1, 0.15) is 24.5 Å². The molecule has 3 heterocycles. The summed E-state index contributed by atoms with van der Waals surface area (Å²) in [6.07, 6.45) is 1.87. The number of hydrogen-bond acceptors (Lipinski definition) is 5. The lowest BCUT2D eigenvalue weighted by Gasteiger charge is -2.33. The fourth-order valence-electron chi connectivity index (χ4n) is 3.22. The predicted octanol–water partition coefficient (Wildman–Crippen LogP) is 0.218. The summed E-state index contributed by atoms with van der Waals surface area (Å²) in [7, 11) is 0. The molecule has 1 atom stereocenters. The maximum Gasteiger partial charge on any atom is 0.222 e. The van der Waals surface area contributed by atoms with E-state index in [0.29, 0.717) is 5.91 Å². The smallest absolute Gasteiger partial charge is 0.222 e. The summed E-state index contributed by atoms with van der Waals surface area (Å²) in [6, 6.07) is 0. The molecule has 0 spiro atoms. The molecule has 7 heteroatoms. The molecule has 0 N–H and O–H groups in total. The highest BCUT2D eigenvalue weighted by Gasteiger charge is 2.24. The number of rotatable bonds is 5. The van der Waals surface area contributed by atoms with Gasteiger partial charge in [-0.1, -0.05) is 0 Å². The highest BCUT2D eigenvalue weighted by molar-refractivity contribution is 5.78. The fourth-order valence-corrected chi connectivity index (χ4v) is 3.22. The first-order chi connectivity index (χ1) is 10.6. The van der Waals surface area contributed by atoms with Crippen LogP contribution in [0.2, 0.25) is 0 Å². The maximum absolute atomic E-state index is 11.7. The standard InChI is InChI=1S/C15H25N5O2/c1-12-16-13(2)20(17-12)11-14-10-18(8-9-22-14)6-7-19-5-3-4-15(19)21/h14H,3-11H2,1-2H3/t14-/m0/s1. The number of amides is 1. The summed E-state index contributed by atoms with van der Waals surface area (Å²) < 4.78 is 7.78. The Morgan fingerprint density at radius 2 is 2.14 bits per heavy atom. The Kier molecular flexibility index (Phi) is 4.73. The van der Waals surface area contributed by atoms with Gasteiger partial charge < -0.3 is 9.64 Å². The van der Waals surface area contributed by atoms with Gasteiger partial charge in [-0.05, 0) is 20.3 Å². The van der Waals surface area contributed by atoms with E-state index in [4.69, 9.17) is 4.74 Å². The molecule has 22 heavy (non-hydrogen) atoms. The minimum absolute atomic E-state index is 0.142. The third-order valence-electron chi connectivity index (χ3n) is 4.42. The Morgan fingerprint density at radius 3 is 2.82 bits per heavy atom. The minimum Gasteiger partial charge on any atom is -0.374 e. The maximum atomic E-state index is 11.7. The average Bonchev–Trinajstić information content (AvgIpc) is 3.03. The van der Waals surface area contributed by atoms with E-state index in [1.807, 2.05) is 23.4 Å². The zero-order valence-electron chi connectivity index (χ0n) is 13.5. The summed E-state index contributed by atoms with van der Waals surface area (Å²) >= 11 is 0. The number of aryl methyl sites for hydroxylation is 2. The van der Waals surface area contributed by atoms with E-state index in [2.05, 4.69) is 15.0 Å². The van der Waals surface area contributed by atoms with Crippen molar-refractivity contribution >= 4 is 5.91 Å². The summed E-state index contributed by atoms with van der Waals surface area (Å²) in [5, 5.41) is 4.40. The van der Waals surface area contributed by atoms with Crippen molar-refractivity contribution in [3.05, 3.63) is 11.6 Å². The topological polar surface area (TPSA) is 63.5 Å². The number of aromatic nitrogens is 3. The molecule has 122 valence electrons. The second-order valence-corrected chi connectivity index (χ2v) is 6.17. The predicted molar refractivity (Wildman–Crippen MR) is 81.5 cm³/mol. The van der Waals surface area contributed by atoms with Crippen LogP contribution in [0.25, 0.3) is 0 Å². The van der Waals surface area contributed by atoms with Crippen molar-refractivity contribution in [2.24, 2.45) is 0 Å². The number of nitrogens with zero attached hydrogens (tertiary/aromatic N) is 5. The number of carbonyl (C=O) groups excluding carboxylic acids is 1. The van der Waals surface area contributed by atoms with Crippen molar-refractivity contribution in [2.45, 2.75) is 39.3 Å². The van der Waals surface area contributed by atoms with Gasteiger partial charge >= 0.3 is 0 Å². The lowest BCUT2D eigenvalue weighted by Crippen LogP contribution is -2.47. The van der Waals surface area contributed by atoms with Gasteiger partial charge in [0.05, 0.1) is 19.3 Å². The molecule has 0 radical (unpaired) electrons. The zero-order chi connectivity index (χ0) is 15.5. The second kappa shape index (κ2) is 6.75. The van der Waals surface area contributed by atoms with E-state index in [1.54, 1.807) is 0 Å². The van der Waals surface area contributed by atoms with Crippen LogP contribution < -0.4 is 0 Å². The molecule has 0 bridgehead atoms. The number of hydrogen-bond donors (Lipinski definition) is 0. The van der Waals surface area contributed by atoms with Gasteiger partial charge in [-0.2, -0.15) is 5.10 Å². The highest BCUT2D eigenvalue weighted by Crippen LogP contribution is 2.12. The molecule has 0 aromatic carbocycles. The number of likely N-dealkylation sites (tertiary alicyclic amines) is 1. The summed E-state index contributed by atoms with van der Waals surface area (Å²) in [4.78, 5) is 20.4. The van der Waals surface area contributed by atoms with Crippen LogP contribution >= 0.6 is 0 Å². The molecule has 0 aliphatic carbocycles. The molecular weight excluding hydrogens is 282 g/mol. The van der Waals surface area contributed by atoms with Gasteiger partial charge in [-0.15, -0.1) is 0 Å². The van der Waals surface area contributed by atoms with Crippen LogP contribution in [0.3, 0.4) is 0 Å². The van der Waals surface area contributed by atoms with Crippen LogP contribution in [0, 0.1) is 13.8 Å². The highest BCUT2D eigenvalue weighted by atomic mass is 16.5. The first-order valence-electron chi connectivity index (χ1n) is 8.11. The molecule has 3 rings (SSSR count). The van der Waals surface area contributed by atoms with Crippen LogP contribution in [0.15, 0.2) is 0 Å². The number of morpholine rings is 1. The van der Waals surface area contributed by atoms with E-state index >= 15 is 0 Å². The van der Waals surface area contributed by atoms with Gasteiger partial charge in [-0.25, -0.2) is 9.67 Å². The van der Waals surface area contributed by atoms with Crippen molar-refractivity contribution in [1.29, 1.82) is 0 Å². The minimum atomic E-state index is 0.142. The van der Waals surface area contributed by atoms with E-state index in [0.717, 1.165) is 70.4 Å². The second-order valence-electron chi connectivity index (χ2n) is 6.17. The quantitative estimate of drug-likeness (QED) is 0.778. The van der Waals surface area contributed by atoms with Crippen LogP contribution in [-0.4, -0.2) is 75.9 Å². The molecule has 2 saturated heterocycles. The van der Waals surface area contributed by atoms with Gasteiger partial charge in [-0.3, -0.25) is 9.69 Å². The number of ether oxygens (including phenoxy) is 1. The van der Waals surface area contributed by atoms with Crippen molar-refractivity contribution < 1.29 is 9.53 Å². The molecule has 1 aromatic rings. The Labute approximate surface area is 131 Å². The SMILES string of the molecule is Cc1nc(C)n(C[C@@H]2CN(CCN3CCCC3=O)CCO2)n1. The third-order valence-corrected chi connectivity index (χ3v) is 4.42. The molecule has 2 fully saturated rings. The summed E-state index contributed by atoms with van der Waals surface area (Å²) in [5.74, 6) is 2.04. The van der Waals surface area contributed by atoms with Crippen molar-refractivity contribution in [3.8, 4) is 0 Å². The van der Waals surface area contributed by atoms with Gasteiger partial charge in [0.2, 0.25) is 5.91 Å². The van der Waals surface area contributed by atoms with Crippen molar-refractivity contribution in [2.75, 3.05) is 39.3 Å².